The van der Waals surface area contributed by atoms with Gasteiger partial charge in [-0.05, 0) is 19.4 Å². The molecule has 1 aromatic heterocycles. The summed E-state index contributed by atoms with van der Waals surface area (Å²) in [6.07, 6.45) is 0.829. The molecule has 0 saturated heterocycles. The van der Waals surface area contributed by atoms with Crippen molar-refractivity contribution in [1.29, 1.82) is 0 Å². The quantitative estimate of drug-likeness (QED) is 0.728. The third kappa shape index (κ3) is 5.75. The van der Waals surface area contributed by atoms with E-state index in [2.05, 4.69) is 10.3 Å². The number of nitrogens with zero attached hydrogens (tertiary/aromatic N) is 1. The Labute approximate surface area is 107 Å². The van der Waals surface area contributed by atoms with E-state index in [-0.39, 0.29) is 5.38 Å². The highest BCUT2D eigenvalue weighted by atomic mass is 35.5. The number of ether oxygens (including phenoxy) is 2. The Hall–Kier alpha value is -1.00. The number of alkyl halides is 1. The fourth-order valence-electron chi connectivity index (χ4n) is 1.36. The highest BCUT2D eigenvalue weighted by molar-refractivity contribution is 6.20. The molecule has 1 unspecified atom stereocenters. The van der Waals surface area contributed by atoms with Crippen LogP contribution in [0.5, 0.6) is 5.88 Å². The van der Waals surface area contributed by atoms with Gasteiger partial charge in [0, 0.05) is 19.7 Å². The van der Waals surface area contributed by atoms with E-state index < -0.39 is 0 Å². The molecule has 0 spiro atoms. The first-order valence-corrected chi connectivity index (χ1v) is 6.16. The maximum atomic E-state index is 6.02. The minimum atomic E-state index is 0.0302. The summed E-state index contributed by atoms with van der Waals surface area (Å²) in [7, 11) is 1.65. The van der Waals surface area contributed by atoms with Crippen LogP contribution in [0.15, 0.2) is 18.2 Å². The molecule has 1 rings (SSSR count). The van der Waals surface area contributed by atoms with E-state index >= 15 is 0 Å². The molecule has 1 heterocycles. The maximum Gasteiger partial charge on any atom is 0.215 e. The molecule has 0 aliphatic carbocycles. The van der Waals surface area contributed by atoms with Crippen LogP contribution in [-0.2, 0) is 4.74 Å². The Morgan fingerprint density at radius 3 is 3.00 bits per heavy atom. The molecule has 1 atom stereocenters. The summed E-state index contributed by atoms with van der Waals surface area (Å²) in [4.78, 5) is 4.30. The molecule has 0 bridgehead atoms. The van der Waals surface area contributed by atoms with Gasteiger partial charge in [-0.3, -0.25) is 0 Å². The number of aromatic nitrogens is 1. The van der Waals surface area contributed by atoms with Gasteiger partial charge in [0.15, 0.2) is 0 Å². The van der Waals surface area contributed by atoms with Crippen molar-refractivity contribution in [2.75, 3.05) is 32.2 Å². The summed E-state index contributed by atoms with van der Waals surface area (Å²) in [5, 5.41) is 3.23. The second kappa shape index (κ2) is 8.14. The highest BCUT2D eigenvalue weighted by Gasteiger charge is 2.03. The minimum absolute atomic E-state index is 0.0302. The highest BCUT2D eigenvalue weighted by Crippen LogP contribution is 2.11. The number of pyridine rings is 1. The first-order chi connectivity index (χ1) is 8.26. The zero-order valence-electron chi connectivity index (χ0n) is 10.3. The molecule has 0 aliphatic rings. The molecule has 0 aliphatic heterocycles. The monoisotopic (exact) mass is 258 g/mol. The van der Waals surface area contributed by atoms with E-state index in [9.17, 15) is 0 Å². The van der Waals surface area contributed by atoms with Crippen molar-refractivity contribution < 1.29 is 9.47 Å². The summed E-state index contributed by atoms with van der Waals surface area (Å²) >= 11 is 6.02. The summed E-state index contributed by atoms with van der Waals surface area (Å²) in [6, 6.07) is 5.65. The largest absolute Gasteiger partial charge is 0.478 e. The number of halogens is 1. The lowest BCUT2D eigenvalue weighted by Gasteiger charge is -2.10. The van der Waals surface area contributed by atoms with Gasteiger partial charge < -0.3 is 14.8 Å². The Bertz CT molecular complexity index is 323. The van der Waals surface area contributed by atoms with Crippen LogP contribution in [0.1, 0.15) is 13.3 Å². The molecule has 4 nitrogen and oxygen atoms in total. The summed E-state index contributed by atoms with van der Waals surface area (Å²) in [5.74, 6) is 1.44. The van der Waals surface area contributed by atoms with Gasteiger partial charge in [-0.2, -0.15) is 4.98 Å². The predicted molar refractivity (Wildman–Crippen MR) is 70.0 cm³/mol. The molecular formula is C12H19ClN2O2. The van der Waals surface area contributed by atoms with Gasteiger partial charge in [0.25, 0.3) is 0 Å². The lowest BCUT2D eigenvalue weighted by Crippen LogP contribution is -2.14. The van der Waals surface area contributed by atoms with Crippen molar-refractivity contribution in [1.82, 2.24) is 4.98 Å². The number of hydrogen-bond donors (Lipinski definition) is 1. The molecule has 96 valence electrons. The van der Waals surface area contributed by atoms with Crippen molar-refractivity contribution in [3.8, 4) is 5.88 Å². The maximum absolute atomic E-state index is 6.02. The summed E-state index contributed by atoms with van der Waals surface area (Å²) < 4.78 is 10.3. The third-order valence-corrected chi connectivity index (χ3v) is 2.47. The fraction of sp³-hybridized carbons (Fsp3) is 0.583. The molecule has 0 saturated carbocycles. The molecule has 0 aromatic carbocycles. The van der Waals surface area contributed by atoms with Crippen LogP contribution in [0.2, 0.25) is 0 Å². The molecule has 17 heavy (non-hydrogen) atoms. The second-order valence-corrected chi connectivity index (χ2v) is 4.18. The molecule has 1 N–H and O–H groups in total. The van der Waals surface area contributed by atoms with Gasteiger partial charge in [0.2, 0.25) is 5.88 Å². The van der Waals surface area contributed by atoms with Crippen molar-refractivity contribution in [3.05, 3.63) is 18.2 Å². The van der Waals surface area contributed by atoms with Gasteiger partial charge in [0.05, 0.1) is 18.6 Å². The van der Waals surface area contributed by atoms with E-state index in [0.29, 0.717) is 19.1 Å². The average molecular weight is 259 g/mol. The molecule has 1 aromatic rings. The Balaban J connectivity index is 2.33. The zero-order chi connectivity index (χ0) is 12.5. The number of rotatable bonds is 8. The van der Waals surface area contributed by atoms with Crippen LogP contribution in [0.25, 0.3) is 0 Å². The Morgan fingerprint density at radius 1 is 1.47 bits per heavy atom. The Morgan fingerprint density at radius 2 is 2.29 bits per heavy atom. The standard InChI is InChI=1S/C12H19ClN2O2/c1-3-17-12-6-4-5-11(15-12)14-8-7-10(13)9-16-2/h4-6,10H,3,7-9H2,1-2H3,(H,14,15). The first-order valence-electron chi connectivity index (χ1n) is 5.73. The van der Waals surface area contributed by atoms with E-state index in [0.717, 1.165) is 18.8 Å². The van der Waals surface area contributed by atoms with E-state index in [1.54, 1.807) is 7.11 Å². The third-order valence-electron chi connectivity index (χ3n) is 2.13. The van der Waals surface area contributed by atoms with Crippen molar-refractivity contribution in [3.63, 3.8) is 0 Å². The van der Waals surface area contributed by atoms with Crippen LogP contribution in [0, 0.1) is 0 Å². The SMILES string of the molecule is CCOc1cccc(NCCC(Cl)COC)n1. The average Bonchev–Trinajstić information content (AvgIpc) is 2.30. The van der Waals surface area contributed by atoms with E-state index in [1.165, 1.54) is 0 Å². The molecular weight excluding hydrogens is 240 g/mol. The van der Waals surface area contributed by atoms with Crippen LogP contribution < -0.4 is 10.1 Å². The smallest absolute Gasteiger partial charge is 0.215 e. The number of methoxy groups -OCH3 is 1. The summed E-state index contributed by atoms with van der Waals surface area (Å²) in [5.41, 5.74) is 0. The fourth-order valence-corrected chi connectivity index (χ4v) is 1.60. The summed E-state index contributed by atoms with van der Waals surface area (Å²) in [6.45, 7) is 3.88. The van der Waals surface area contributed by atoms with E-state index in [4.69, 9.17) is 21.1 Å². The molecule has 0 radical (unpaired) electrons. The zero-order valence-corrected chi connectivity index (χ0v) is 11.0. The molecule has 5 heteroatoms. The topological polar surface area (TPSA) is 43.4 Å². The molecule has 0 amide bonds. The normalized spacial score (nSPS) is 12.2. The van der Waals surface area contributed by atoms with Crippen molar-refractivity contribution in [2.45, 2.75) is 18.7 Å². The first kappa shape index (κ1) is 14.1. The Kier molecular flexibility index (Phi) is 6.74. The van der Waals surface area contributed by atoms with Crippen molar-refractivity contribution >= 4 is 17.4 Å². The number of hydrogen-bond acceptors (Lipinski definition) is 4. The second-order valence-electron chi connectivity index (χ2n) is 3.56. The lowest BCUT2D eigenvalue weighted by molar-refractivity contribution is 0.196. The van der Waals surface area contributed by atoms with Gasteiger partial charge in [-0.15, -0.1) is 11.6 Å². The van der Waals surface area contributed by atoms with Crippen LogP contribution in [-0.4, -0.2) is 37.2 Å². The van der Waals surface area contributed by atoms with E-state index in [1.807, 2.05) is 25.1 Å². The van der Waals surface area contributed by atoms with Gasteiger partial charge in [-0.25, -0.2) is 0 Å². The van der Waals surface area contributed by atoms with Gasteiger partial charge in [0.1, 0.15) is 5.82 Å². The van der Waals surface area contributed by atoms with Crippen LogP contribution in [0.4, 0.5) is 5.82 Å². The van der Waals surface area contributed by atoms with Crippen molar-refractivity contribution in [2.24, 2.45) is 0 Å². The van der Waals surface area contributed by atoms with Crippen LogP contribution >= 0.6 is 11.6 Å². The van der Waals surface area contributed by atoms with Gasteiger partial charge in [-0.1, -0.05) is 6.07 Å². The van der Waals surface area contributed by atoms with Gasteiger partial charge >= 0.3 is 0 Å². The number of anilines is 1. The predicted octanol–water partition coefficient (Wildman–Crippen LogP) is 2.54. The lowest BCUT2D eigenvalue weighted by atomic mass is 10.3. The number of nitrogens with one attached hydrogen (secondary N) is 1. The molecule has 0 fully saturated rings. The van der Waals surface area contributed by atoms with Crippen LogP contribution in [0.3, 0.4) is 0 Å². The minimum Gasteiger partial charge on any atom is -0.478 e.